The molecule has 7 rings (SSSR count). The van der Waals surface area contributed by atoms with Gasteiger partial charge in [-0.25, -0.2) is 18.4 Å². The van der Waals surface area contributed by atoms with Crippen LogP contribution in [0.1, 0.15) is 60.8 Å². The predicted molar refractivity (Wildman–Crippen MR) is 143 cm³/mol. The number of pyridine rings is 1. The number of ether oxygens (including phenoxy) is 1. The molecule has 3 fully saturated rings. The lowest BCUT2D eigenvalue weighted by atomic mass is 9.87. The van der Waals surface area contributed by atoms with Gasteiger partial charge in [0.05, 0.1) is 18.5 Å². The lowest BCUT2D eigenvalue weighted by Crippen LogP contribution is -2.46. The third kappa shape index (κ3) is 4.26. The first kappa shape index (κ1) is 24.9. The van der Waals surface area contributed by atoms with Crippen LogP contribution in [0.5, 0.6) is 5.88 Å². The van der Waals surface area contributed by atoms with Gasteiger partial charge in [-0.1, -0.05) is 0 Å². The molecule has 0 aromatic carbocycles. The summed E-state index contributed by atoms with van der Waals surface area (Å²) in [6.45, 7) is 0.670. The molecule has 0 radical (unpaired) electrons. The molecule has 14 heteroatoms. The Kier molecular flexibility index (Phi) is 5.77. The van der Waals surface area contributed by atoms with Crippen LogP contribution >= 0.6 is 0 Å². The van der Waals surface area contributed by atoms with E-state index in [1.54, 1.807) is 12.4 Å². The molecule has 2 saturated heterocycles. The number of piperidine rings is 1. The predicted octanol–water partition coefficient (Wildman–Crippen LogP) is 2.23. The van der Waals surface area contributed by atoms with Crippen LogP contribution in [-0.2, 0) is 9.84 Å². The first-order chi connectivity index (χ1) is 19.3. The zero-order valence-corrected chi connectivity index (χ0v) is 22.7. The van der Waals surface area contributed by atoms with Crippen molar-refractivity contribution in [2.75, 3.05) is 18.6 Å². The lowest BCUT2D eigenvalue weighted by Gasteiger charge is -2.38. The number of nitrogens with zero attached hydrogens (tertiary/aromatic N) is 7. The Morgan fingerprint density at radius 1 is 1.15 bits per heavy atom. The van der Waals surface area contributed by atoms with E-state index in [2.05, 4.69) is 25.3 Å². The van der Waals surface area contributed by atoms with E-state index in [9.17, 15) is 13.2 Å². The fourth-order valence-corrected chi connectivity index (χ4v) is 7.21. The maximum atomic E-state index is 13.1. The van der Waals surface area contributed by atoms with Crippen LogP contribution in [-0.4, -0.2) is 78.9 Å². The quantitative estimate of drug-likeness (QED) is 0.339. The Hall–Kier alpha value is -4.07. The Morgan fingerprint density at radius 2 is 1.93 bits per heavy atom. The van der Waals surface area contributed by atoms with Gasteiger partial charge in [-0.15, -0.1) is 10.2 Å². The number of hydrogen-bond donors (Lipinski definition) is 2. The zero-order chi connectivity index (χ0) is 27.6. The van der Waals surface area contributed by atoms with Gasteiger partial charge in [-0.05, 0) is 50.5 Å². The third-order valence-corrected chi connectivity index (χ3v) is 9.38. The number of carbonyl (C=O) groups excluding carboxylic acids is 1. The largest absolute Gasteiger partial charge is 0.477 e. The number of sulfone groups is 1. The smallest absolute Gasteiger partial charge is 0.292 e. The van der Waals surface area contributed by atoms with Gasteiger partial charge >= 0.3 is 0 Å². The molecule has 3 aliphatic rings. The molecule has 2 aliphatic heterocycles. The monoisotopic (exact) mass is 563 g/mol. The van der Waals surface area contributed by atoms with Crippen molar-refractivity contribution in [1.82, 2.24) is 39.7 Å². The van der Waals surface area contributed by atoms with Gasteiger partial charge in [-0.3, -0.25) is 4.79 Å². The highest BCUT2D eigenvalue weighted by atomic mass is 32.2. The highest BCUT2D eigenvalue weighted by molar-refractivity contribution is 7.91. The molecule has 0 spiro atoms. The summed E-state index contributed by atoms with van der Waals surface area (Å²) >= 11 is 0. The van der Waals surface area contributed by atoms with E-state index in [1.807, 2.05) is 17.0 Å². The summed E-state index contributed by atoms with van der Waals surface area (Å²) < 4.78 is 33.2. The minimum Gasteiger partial charge on any atom is -0.477 e. The highest BCUT2D eigenvalue weighted by Crippen LogP contribution is 2.45. The number of H-pyrrole nitrogens is 1. The van der Waals surface area contributed by atoms with Gasteiger partial charge in [0, 0.05) is 47.6 Å². The fraction of sp³-hybridized carbons (Fsp3) is 0.462. The van der Waals surface area contributed by atoms with Crippen molar-refractivity contribution in [1.29, 1.82) is 0 Å². The van der Waals surface area contributed by atoms with Gasteiger partial charge in [0.25, 0.3) is 5.91 Å². The Bertz CT molecular complexity index is 1680. The summed E-state index contributed by atoms with van der Waals surface area (Å²) in [4.78, 5) is 27.1. The number of fused-ring (bicyclic) bond motifs is 3. The van der Waals surface area contributed by atoms with Gasteiger partial charge in [0.15, 0.2) is 15.5 Å². The number of aromatic nitrogens is 7. The average molecular weight is 564 g/mol. The Morgan fingerprint density at radius 3 is 2.55 bits per heavy atom. The van der Waals surface area contributed by atoms with Crippen LogP contribution in [0.2, 0.25) is 0 Å². The Labute approximate surface area is 230 Å². The molecule has 13 nitrogen and oxygen atoms in total. The van der Waals surface area contributed by atoms with E-state index in [0.717, 1.165) is 24.7 Å². The number of carbonyl (C=O) groups is 1. The van der Waals surface area contributed by atoms with E-state index >= 15 is 0 Å². The van der Waals surface area contributed by atoms with Crippen LogP contribution in [0.15, 0.2) is 35.7 Å². The molecule has 3 atom stereocenters. The van der Waals surface area contributed by atoms with E-state index in [0.29, 0.717) is 48.2 Å². The fourth-order valence-electron chi connectivity index (χ4n) is 6.16. The summed E-state index contributed by atoms with van der Waals surface area (Å²) in [6, 6.07) is 3.58. The van der Waals surface area contributed by atoms with Crippen molar-refractivity contribution in [2.24, 2.45) is 5.92 Å². The number of hydrogen-bond acceptors (Lipinski definition) is 10. The maximum absolute atomic E-state index is 13.1. The number of nitrogens with one attached hydrogen (secondary N) is 1. The molecule has 3 N–H and O–H groups in total. The number of nitrogens with two attached hydrogens (primary N) is 1. The van der Waals surface area contributed by atoms with Gasteiger partial charge in [0.2, 0.25) is 11.7 Å². The first-order valence-corrected chi connectivity index (χ1v) is 15.3. The van der Waals surface area contributed by atoms with Crippen molar-refractivity contribution in [3.63, 3.8) is 0 Å². The molecule has 2 bridgehead atoms. The molecular formula is C26H29N9O4S. The summed E-state index contributed by atoms with van der Waals surface area (Å²) in [5.74, 6) is 1.02. The summed E-state index contributed by atoms with van der Waals surface area (Å²) in [5, 5.41) is 12.0. The molecule has 4 aromatic heterocycles. The van der Waals surface area contributed by atoms with Crippen molar-refractivity contribution < 1.29 is 17.9 Å². The minimum absolute atomic E-state index is 0.00369. The van der Waals surface area contributed by atoms with Crippen LogP contribution in [0.25, 0.3) is 16.8 Å². The van der Waals surface area contributed by atoms with Crippen molar-refractivity contribution >= 4 is 27.2 Å². The highest BCUT2D eigenvalue weighted by Gasteiger charge is 2.46. The zero-order valence-electron chi connectivity index (χ0n) is 21.9. The number of aromatic amines is 1. The molecule has 40 heavy (non-hydrogen) atoms. The maximum Gasteiger partial charge on any atom is 0.292 e. The van der Waals surface area contributed by atoms with Crippen molar-refractivity contribution in [3.05, 3.63) is 42.4 Å². The number of rotatable bonds is 7. The Balaban J connectivity index is 1.25. The van der Waals surface area contributed by atoms with E-state index in [4.69, 9.17) is 15.5 Å². The van der Waals surface area contributed by atoms with Gasteiger partial charge in [0.1, 0.15) is 17.0 Å². The SMILES string of the molecule is CS(=O)(=O)c1c([C@H]2C[C@H]3CC[C@@H](C2)N3C(=O)c2nnc[nH]2)nc2c(-c3ccc(OCC4CC4)nc3)cnn2c1N. The summed E-state index contributed by atoms with van der Waals surface area (Å²) in [7, 11) is -3.74. The second-order valence-corrected chi connectivity index (χ2v) is 13.0. The summed E-state index contributed by atoms with van der Waals surface area (Å²) in [6.07, 6.45) is 11.0. The second-order valence-electron chi connectivity index (χ2n) is 11.0. The minimum atomic E-state index is -3.74. The van der Waals surface area contributed by atoms with E-state index in [1.165, 1.54) is 23.7 Å². The molecule has 1 aliphatic carbocycles. The number of anilines is 1. The molecule has 1 saturated carbocycles. The molecule has 208 valence electrons. The average Bonchev–Trinajstić information content (AvgIpc) is 3.29. The standard InChI is InChI=1S/C26H29N9O4S/c1-40(37,38)22-21(16-8-17-5-6-18(9-16)34(17)26(36)24-29-13-30-33-24)32-25-19(11-31-35(25)23(22)27)15-4-7-20(28-10-15)39-12-14-2-3-14/h4,7,10-11,13-14,16-18H,2-3,5-6,8-9,12,27H2,1H3,(H,29,30,33)/t16-,17+,18-. The van der Waals surface area contributed by atoms with Crippen LogP contribution < -0.4 is 10.5 Å². The van der Waals surface area contributed by atoms with Crippen molar-refractivity contribution in [2.45, 2.75) is 61.4 Å². The second kappa shape index (κ2) is 9.25. The lowest BCUT2D eigenvalue weighted by molar-refractivity contribution is 0.0556. The van der Waals surface area contributed by atoms with E-state index < -0.39 is 9.84 Å². The molecule has 0 unspecified atom stereocenters. The van der Waals surface area contributed by atoms with Crippen molar-refractivity contribution in [3.8, 4) is 17.0 Å². The third-order valence-electron chi connectivity index (χ3n) is 8.22. The van der Waals surface area contributed by atoms with E-state index in [-0.39, 0.29) is 40.4 Å². The van der Waals surface area contributed by atoms with Gasteiger partial charge in [-0.2, -0.15) is 9.61 Å². The number of amides is 1. The van der Waals surface area contributed by atoms with Crippen LogP contribution in [0.3, 0.4) is 0 Å². The summed E-state index contributed by atoms with van der Waals surface area (Å²) in [5.41, 5.74) is 8.83. The normalized spacial score (nSPS) is 22.6. The number of nitrogen functional groups attached to an aromatic ring is 1. The molecular weight excluding hydrogens is 534 g/mol. The molecule has 6 heterocycles. The topological polar surface area (TPSA) is 174 Å². The van der Waals surface area contributed by atoms with Gasteiger partial charge < -0.3 is 20.4 Å². The molecule has 1 amide bonds. The van der Waals surface area contributed by atoms with Crippen LogP contribution in [0.4, 0.5) is 5.82 Å². The molecule has 4 aromatic rings. The first-order valence-electron chi connectivity index (χ1n) is 13.4. The van der Waals surface area contributed by atoms with Crippen LogP contribution in [0, 0.1) is 5.92 Å².